The van der Waals surface area contributed by atoms with Crippen LogP contribution in [0, 0.1) is 0 Å². The van der Waals surface area contributed by atoms with Crippen molar-refractivity contribution in [3.8, 4) is 11.1 Å². The van der Waals surface area contributed by atoms with E-state index in [0.29, 0.717) is 13.0 Å². The van der Waals surface area contributed by atoms with E-state index in [1.54, 1.807) is 7.11 Å². The molecule has 0 saturated heterocycles. The molecule has 1 aromatic carbocycles. The fraction of sp³-hybridized carbons (Fsp3) is 0.200. The number of nitrogens with zero attached hydrogens (tertiary/aromatic N) is 3. The van der Waals surface area contributed by atoms with Crippen LogP contribution in [-0.4, -0.2) is 33.8 Å². The van der Waals surface area contributed by atoms with Crippen molar-refractivity contribution >= 4 is 17.6 Å². The number of rotatable bonds is 5. The first-order valence-corrected chi connectivity index (χ1v) is 8.27. The molecule has 0 unspecified atom stereocenters. The highest BCUT2D eigenvalue weighted by molar-refractivity contribution is 6.06. The maximum Gasteiger partial charge on any atom is 0.183 e. The van der Waals surface area contributed by atoms with Crippen molar-refractivity contribution in [2.75, 3.05) is 13.7 Å². The average molecular weight is 333 g/mol. The van der Waals surface area contributed by atoms with E-state index >= 15 is 0 Å². The summed E-state index contributed by atoms with van der Waals surface area (Å²) in [6.45, 7) is 1.38. The molecular weight excluding hydrogens is 314 g/mol. The van der Waals surface area contributed by atoms with Crippen LogP contribution in [0.15, 0.2) is 55.0 Å². The number of Topliss-reactive ketones (excluding diaryl/α,β-unsaturated/α-hetero) is 1. The number of carbonyl (C=O) groups is 1. The van der Waals surface area contributed by atoms with Crippen LogP contribution in [-0.2, 0) is 11.3 Å². The van der Waals surface area contributed by atoms with Crippen LogP contribution in [0.3, 0.4) is 0 Å². The molecule has 0 fully saturated rings. The van der Waals surface area contributed by atoms with Gasteiger partial charge in [0, 0.05) is 37.7 Å². The van der Waals surface area contributed by atoms with Gasteiger partial charge in [-0.3, -0.25) is 9.48 Å². The first-order valence-electron chi connectivity index (χ1n) is 8.27. The van der Waals surface area contributed by atoms with Crippen LogP contribution < -0.4 is 0 Å². The Kier molecular flexibility index (Phi) is 4.07. The number of carbonyl (C=O) groups excluding carboxylic acids is 1. The van der Waals surface area contributed by atoms with Gasteiger partial charge in [-0.1, -0.05) is 24.3 Å². The molecule has 0 aliphatic carbocycles. The summed E-state index contributed by atoms with van der Waals surface area (Å²) in [5.41, 5.74) is 5.05. The Morgan fingerprint density at radius 1 is 1.12 bits per heavy atom. The van der Waals surface area contributed by atoms with E-state index in [-0.39, 0.29) is 5.78 Å². The zero-order valence-electron chi connectivity index (χ0n) is 14.1. The van der Waals surface area contributed by atoms with Crippen molar-refractivity contribution in [2.24, 2.45) is 0 Å². The van der Waals surface area contributed by atoms with Crippen molar-refractivity contribution in [1.82, 2.24) is 14.3 Å². The van der Waals surface area contributed by atoms with Gasteiger partial charge < -0.3 is 9.30 Å². The Morgan fingerprint density at radius 3 is 2.72 bits per heavy atom. The highest BCUT2D eigenvalue weighted by Gasteiger charge is 2.18. The number of ketones is 1. The molecule has 5 nitrogen and oxygen atoms in total. The number of benzene rings is 1. The van der Waals surface area contributed by atoms with Crippen LogP contribution in [0.1, 0.15) is 22.5 Å². The zero-order chi connectivity index (χ0) is 17.2. The largest absolute Gasteiger partial charge is 0.383 e. The molecule has 0 amide bonds. The molecule has 4 rings (SSSR count). The van der Waals surface area contributed by atoms with Gasteiger partial charge in [-0.15, -0.1) is 0 Å². The van der Waals surface area contributed by atoms with Crippen molar-refractivity contribution in [1.29, 1.82) is 0 Å². The van der Waals surface area contributed by atoms with Crippen LogP contribution in [0.4, 0.5) is 0 Å². The Balaban J connectivity index is 1.57. The Labute approximate surface area is 146 Å². The number of fused-ring (bicyclic) bond motifs is 1. The van der Waals surface area contributed by atoms with Crippen molar-refractivity contribution in [3.05, 3.63) is 66.2 Å². The van der Waals surface area contributed by atoms with Crippen LogP contribution in [0.2, 0.25) is 0 Å². The summed E-state index contributed by atoms with van der Waals surface area (Å²) in [7, 11) is 1.69. The van der Waals surface area contributed by atoms with Crippen LogP contribution in [0.5, 0.6) is 0 Å². The topological polar surface area (TPSA) is 49.0 Å². The van der Waals surface area contributed by atoms with Gasteiger partial charge in [-0.25, -0.2) is 0 Å². The summed E-state index contributed by atoms with van der Waals surface area (Å²) in [6.07, 6.45) is 8.27. The first-order chi connectivity index (χ1) is 12.2. The van der Waals surface area contributed by atoms with Gasteiger partial charge in [0.15, 0.2) is 5.78 Å². The lowest BCUT2D eigenvalue weighted by Crippen LogP contribution is -2.11. The minimum absolute atomic E-state index is 0.158. The summed E-state index contributed by atoms with van der Waals surface area (Å²) in [5, 5.41) is 4.35. The van der Waals surface area contributed by atoms with Gasteiger partial charge in [0.25, 0.3) is 0 Å². The maximum absolute atomic E-state index is 12.2. The lowest BCUT2D eigenvalue weighted by molar-refractivity contribution is 0.0990. The van der Waals surface area contributed by atoms with E-state index in [9.17, 15) is 4.79 Å². The maximum atomic E-state index is 12.2. The number of hydrogen-bond donors (Lipinski definition) is 0. The lowest BCUT2D eigenvalue weighted by atomic mass is 9.96. The second-order valence-corrected chi connectivity index (χ2v) is 6.12. The monoisotopic (exact) mass is 333 g/mol. The molecule has 0 atom stereocenters. The van der Waals surface area contributed by atoms with Crippen molar-refractivity contribution in [3.63, 3.8) is 0 Å². The molecule has 3 aromatic rings. The van der Waals surface area contributed by atoms with Crippen molar-refractivity contribution < 1.29 is 9.53 Å². The zero-order valence-corrected chi connectivity index (χ0v) is 14.1. The Bertz CT molecular complexity index is 932. The normalized spacial score (nSPS) is 13.6. The highest BCUT2D eigenvalue weighted by atomic mass is 16.5. The number of ether oxygens (including phenoxy) is 1. The van der Waals surface area contributed by atoms with Gasteiger partial charge in [-0.2, -0.15) is 5.10 Å². The van der Waals surface area contributed by atoms with Gasteiger partial charge in [0.05, 0.1) is 25.0 Å². The molecule has 0 bridgehead atoms. The molecular formula is C20H19N3O2. The van der Waals surface area contributed by atoms with Crippen LogP contribution >= 0.6 is 0 Å². The van der Waals surface area contributed by atoms with E-state index in [0.717, 1.165) is 34.5 Å². The second kappa shape index (κ2) is 6.53. The lowest BCUT2D eigenvalue weighted by Gasteiger charge is -2.15. The average Bonchev–Trinajstić information content (AvgIpc) is 3.29. The fourth-order valence-electron chi connectivity index (χ4n) is 3.09. The summed E-state index contributed by atoms with van der Waals surface area (Å²) >= 11 is 0. The minimum Gasteiger partial charge on any atom is -0.383 e. The van der Waals surface area contributed by atoms with E-state index in [4.69, 9.17) is 4.74 Å². The molecule has 0 N–H and O–H groups in total. The predicted octanol–water partition coefficient (Wildman–Crippen LogP) is 3.58. The number of aromatic nitrogens is 3. The third kappa shape index (κ3) is 3.06. The molecule has 126 valence electrons. The van der Waals surface area contributed by atoms with Gasteiger partial charge >= 0.3 is 0 Å². The minimum atomic E-state index is 0.158. The summed E-state index contributed by atoms with van der Waals surface area (Å²) in [6, 6.07) is 12.0. The molecule has 0 spiro atoms. The van der Waals surface area contributed by atoms with E-state index in [2.05, 4.69) is 29.4 Å². The fourth-order valence-corrected chi connectivity index (χ4v) is 3.09. The third-order valence-electron chi connectivity index (χ3n) is 4.46. The third-order valence-corrected chi connectivity index (χ3v) is 4.46. The quantitative estimate of drug-likeness (QED) is 0.717. The van der Waals surface area contributed by atoms with Gasteiger partial charge in [-0.05, 0) is 28.8 Å². The predicted molar refractivity (Wildman–Crippen MR) is 97.1 cm³/mol. The smallest absolute Gasteiger partial charge is 0.183 e. The summed E-state index contributed by atoms with van der Waals surface area (Å²) in [4.78, 5) is 12.2. The Morgan fingerprint density at radius 2 is 1.92 bits per heavy atom. The molecule has 0 radical (unpaired) electrons. The SMILES string of the molecule is COCCn1cc(-c2ccc(C3=Cn4cccc4C(=O)C3)cc2)cn1. The van der Waals surface area contributed by atoms with Gasteiger partial charge in [0.2, 0.25) is 0 Å². The second-order valence-electron chi connectivity index (χ2n) is 6.12. The van der Waals surface area contributed by atoms with Crippen LogP contribution in [0.25, 0.3) is 22.9 Å². The van der Waals surface area contributed by atoms with Crippen molar-refractivity contribution in [2.45, 2.75) is 13.0 Å². The number of hydrogen-bond acceptors (Lipinski definition) is 3. The molecule has 3 heterocycles. The molecule has 5 heteroatoms. The molecule has 25 heavy (non-hydrogen) atoms. The number of allylic oxidation sites excluding steroid dienone is 1. The standard InChI is InChI=1S/C20H19N3O2/c1-25-10-9-23-14-18(12-21-23)16-6-4-15(5-7-16)17-11-20(24)19-3-2-8-22(19)13-17/h2-8,12-14H,9-11H2,1H3. The van der Waals surface area contributed by atoms with E-state index in [1.807, 2.05) is 46.2 Å². The highest BCUT2D eigenvalue weighted by Crippen LogP contribution is 2.28. The van der Waals surface area contributed by atoms with E-state index < -0.39 is 0 Å². The molecule has 1 aliphatic rings. The van der Waals surface area contributed by atoms with E-state index in [1.165, 1.54) is 0 Å². The summed E-state index contributed by atoms with van der Waals surface area (Å²) < 4.78 is 8.85. The molecule has 0 saturated carbocycles. The Hall–Kier alpha value is -2.92. The number of methoxy groups -OCH3 is 1. The first kappa shape index (κ1) is 15.6. The molecule has 2 aromatic heterocycles. The summed E-state index contributed by atoms with van der Waals surface area (Å²) in [5.74, 6) is 0.158. The molecule has 1 aliphatic heterocycles. The van der Waals surface area contributed by atoms with Gasteiger partial charge in [0.1, 0.15) is 0 Å².